The summed E-state index contributed by atoms with van der Waals surface area (Å²) in [7, 11) is 0. The Hall–Kier alpha value is -1.19. The van der Waals surface area contributed by atoms with Crippen molar-refractivity contribution in [3.05, 3.63) is 12.4 Å². The topological polar surface area (TPSA) is 41.6 Å². The predicted molar refractivity (Wildman–Crippen MR) is 54.3 cm³/mol. The van der Waals surface area contributed by atoms with Crippen molar-refractivity contribution in [1.29, 1.82) is 0 Å². The fourth-order valence-corrected chi connectivity index (χ4v) is 1.20. The number of unbranched alkanes of at least 4 members (excludes halogenated alkanes) is 1. The lowest BCUT2D eigenvalue weighted by atomic mass is 10.3. The maximum Gasteiger partial charge on any atom is 0.328 e. The standard InChI is InChI=1S/C10H18N2O2/c1-3-4-7-14-10(13)9(2)12-6-5-11-8-12/h5-6,9,11H,3-4,7-8H2,1-2H3. The molecule has 0 aromatic heterocycles. The van der Waals surface area contributed by atoms with Gasteiger partial charge in [0.25, 0.3) is 0 Å². The fraction of sp³-hybridized carbons (Fsp3) is 0.700. The Kier molecular flexibility index (Phi) is 4.29. The van der Waals surface area contributed by atoms with E-state index >= 15 is 0 Å². The number of hydrogen-bond donors (Lipinski definition) is 1. The minimum absolute atomic E-state index is 0.146. The summed E-state index contributed by atoms with van der Waals surface area (Å²) in [5.41, 5.74) is 0. The Bertz CT molecular complexity index is 216. The van der Waals surface area contributed by atoms with Crippen LogP contribution in [0.3, 0.4) is 0 Å². The second-order valence-corrected chi connectivity index (χ2v) is 3.39. The van der Waals surface area contributed by atoms with Crippen LogP contribution in [0.2, 0.25) is 0 Å². The zero-order valence-electron chi connectivity index (χ0n) is 8.82. The Morgan fingerprint density at radius 3 is 3.07 bits per heavy atom. The Morgan fingerprint density at radius 1 is 1.71 bits per heavy atom. The van der Waals surface area contributed by atoms with Gasteiger partial charge < -0.3 is 15.0 Å². The molecule has 0 saturated carbocycles. The second kappa shape index (κ2) is 5.52. The molecular weight excluding hydrogens is 180 g/mol. The Balaban J connectivity index is 2.25. The third-order valence-corrected chi connectivity index (χ3v) is 2.24. The van der Waals surface area contributed by atoms with Crippen molar-refractivity contribution >= 4 is 5.97 Å². The first-order chi connectivity index (χ1) is 6.75. The molecule has 0 amide bonds. The van der Waals surface area contributed by atoms with Crippen LogP contribution in [0.1, 0.15) is 26.7 Å². The third kappa shape index (κ3) is 2.94. The third-order valence-electron chi connectivity index (χ3n) is 2.24. The average Bonchev–Trinajstić information content (AvgIpc) is 2.69. The summed E-state index contributed by atoms with van der Waals surface area (Å²) in [5, 5.41) is 3.01. The molecule has 1 heterocycles. The molecule has 80 valence electrons. The maximum atomic E-state index is 11.5. The molecule has 1 unspecified atom stereocenters. The lowest BCUT2D eigenvalue weighted by Gasteiger charge is -2.21. The van der Waals surface area contributed by atoms with Crippen molar-refractivity contribution in [3.63, 3.8) is 0 Å². The summed E-state index contributed by atoms with van der Waals surface area (Å²) in [6.45, 7) is 5.14. The molecule has 4 nitrogen and oxygen atoms in total. The molecule has 1 N–H and O–H groups in total. The zero-order valence-corrected chi connectivity index (χ0v) is 8.82. The van der Waals surface area contributed by atoms with Gasteiger partial charge in [-0.3, -0.25) is 0 Å². The number of carbonyl (C=O) groups is 1. The summed E-state index contributed by atoms with van der Waals surface area (Å²) in [6.07, 6.45) is 5.68. The minimum atomic E-state index is -0.196. The van der Waals surface area contributed by atoms with Crippen molar-refractivity contribution in [2.75, 3.05) is 13.3 Å². The molecule has 0 aromatic carbocycles. The molecule has 0 aliphatic carbocycles. The van der Waals surface area contributed by atoms with Crippen LogP contribution in [0.25, 0.3) is 0 Å². The highest BCUT2D eigenvalue weighted by Gasteiger charge is 2.21. The van der Waals surface area contributed by atoms with Gasteiger partial charge in [-0.25, -0.2) is 4.79 Å². The minimum Gasteiger partial charge on any atom is -0.464 e. The van der Waals surface area contributed by atoms with Gasteiger partial charge in [-0.15, -0.1) is 0 Å². The first kappa shape index (κ1) is 10.9. The van der Waals surface area contributed by atoms with E-state index in [1.54, 1.807) is 0 Å². The van der Waals surface area contributed by atoms with Gasteiger partial charge in [-0.1, -0.05) is 13.3 Å². The van der Waals surface area contributed by atoms with Crippen LogP contribution in [0.4, 0.5) is 0 Å². The van der Waals surface area contributed by atoms with Gasteiger partial charge in [0, 0.05) is 12.4 Å². The molecule has 0 spiro atoms. The van der Waals surface area contributed by atoms with E-state index in [-0.39, 0.29) is 12.0 Å². The monoisotopic (exact) mass is 198 g/mol. The van der Waals surface area contributed by atoms with Gasteiger partial charge in [0.2, 0.25) is 0 Å². The predicted octanol–water partition coefficient (Wildman–Crippen LogP) is 1.05. The van der Waals surface area contributed by atoms with E-state index in [0.29, 0.717) is 13.3 Å². The summed E-state index contributed by atoms with van der Waals surface area (Å²) in [4.78, 5) is 13.4. The molecule has 14 heavy (non-hydrogen) atoms. The number of nitrogens with one attached hydrogen (secondary N) is 1. The van der Waals surface area contributed by atoms with Gasteiger partial charge in [0.15, 0.2) is 0 Å². The van der Waals surface area contributed by atoms with Crippen LogP contribution in [-0.2, 0) is 9.53 Å². The number of nitrogens with zero attached hydrogens (tertiary/aromatic N) is 1. The average molecular weight is 198 g/mol. The molecule has 0 radical (unpaired) electrons. The molecule has 1 aliphatic heterocycles. The highest BCUT2D eigenvalue weighted by Crippen LogP contribution is 2.05. The second-order valence-electron chi connectivity index (χ2n) is 3.39. The maximum absolute atomic E-state index is 11.5. The summed E-state index contributed by atoms with van der Waals surface area (Å²) < 4.78 is 5.11. The smallest absolute Gasteiger partial charge is 0.328 e. The van der Waals surface area contributed by atoms with E-state index in [9.17, 15) is 4.79 Å². The first-order valence-electron chi connectivity index (χ1n) is 5.08. The van der Waals surface area contributed by atoms with E-state index < -0.39 is 0 Å². The molecule has 1 rings (SSSR count). The van der Waals surface area contributed by atoms with Gasteiger partial charge in [-0.2, -0.15) is 0 Å². The highest BCUT2D eigenvalue weighted by atomic mass is 16.5. The molecule has 4 heteroatoms. The lowest BCUT2D eigenvalue weighted by Crippen LogP contribution is -2.37. The van der Waals surface area contributed by atoms with Crippen LogP contribution < -0.4 is 5.32 Å². The number of rotatable bonds is 5. The fourth-order valence-electron chi connectivity index (χ4n) is 1.20. The molecule has 0 aromatic rings. The summed E-state index contributed by atoms with van der Waals surface area (Å²) in [5.74, 6) is -0.146. The van der Waals surface area contributed by atoms with E-state index in [2.05, 4.69) is 12.2 Å². The van der Waals surface area contributed by atoms with Crippen LogP contribution >= 0.6 is 0 Å². The van der Waals surface area contributed by atoms with Gasteiger partial charge >= 0.3 is 5.97 Å². The van der Waals surface area contributed by atoms with Gasteiger partial charge in [0.05, 0.1) is 13.3 Å². The zero-order chi connectivity index (χ0) is 10.4. The van der Waals surface area contributed by atoms with Crippen molar-refractivity contribution in [2.45, 2.75) is 32.7 Å². The Labute approximate surface area is 84.9 Å². The molecule has 1 atom stereocenters. The highest BCUT2D eigenvalue weighted by molar-refractivity contribution is 5.75. The molecule has 0 fully saturated rings. The SMILES string of the molecule is CCCCOC(=O)C(C)N1C=CNC1. The normalized spacial score (nSPS) is 16.6. The number of hydrogen-bond acceptors (Lipinski definition) is 4. The molecule has 1 aliphatic rings. The number of ether oxygens (including phenoxy) is 1. The molecule has 0 saturated heterocycles. The summed E-state index contributed by atoms with van der Waals surface area (Å²) >= 11 is 0. The number of esters is 1. The van der Waals surface area contributed by atoms with Crippen molar-refractivity contribution in [2.24, 2.45) is 0 Å². The van der Waals surface area contributed by atoms with E-state index in [1.807, 2.05) is 24.2 Å². The van der Waals surface area contributed by atoms with E-state index in [4.69, 9.17) is 4.74 Å². The van der Waals surface area contributed by atoms with Gasteiger partial charge in [0.1, 0.15) is 6.04 Å². The lowest BCUT2D eigenvalue weighted by molar-refractivity contribution is -0.148. The van der Waals surface area contributed by atoms with Crippen molar-refractivity contribution < 1.29 is 9.53 Å². The van der Waals surface area contributed by atoms with Crippen LogP contribution in [0, 0.1) is 0 Å². The largest absolute Gasteiger partial charge is 0.464 e. The van der Waals surface area contributed by atoms with Gasteiger partial charge in [-0.05, 0) is 13.3 Å². The Morgan fingerprint density at radius 2 is 2.50 bits per heavy atom. The van der Waals surface area contributed by atoms with Crippen LogP contribution in [-0.4, -0.2) is 30.2 Å². The van der Waals surface area contributed by atoms with Crippen LogP contribution in [0.15, 0.2) is 12.4 Å². The molecule has 0 bridgehead atoms. The number of carbonyl (C=O) groups excluding carboxylic acids is 1. The molecular formula is C10H18N2O2. The van der Waals surface area contributed by atoms with Crippen molar-refractivity contribution in [3.8, 4) is 0 Å². The quantitative estimate of drug-likeness (QED) is 0.529. The van der Waals surface area contributed by atoms with E-state index in [0.717, 1.165) is 12.8 Å². The van der Waals surface area contributed by atoms with Crippen molar-refractivity contribution in [1.82, 2.24) is 10.2 Å². The summed E-state index contributed by atoms with van der Waals surface area (Å²) in [6, 6.07) is -0.196. The van der Waals surface area contributed by atoms with Crippen LogP contribution in [0.5, 0.6) is 0 Å². The first-order valence-corrected chi connectivity index (χ1v) is 5.08. The van der Waals surface area contributed by atoms with E-state index in [1.165, 1.54) is 0 Å².